The highest BCUT2D eigenvalue weighted by atomic mass is 15.3. The molecule has 0 aliphatic carbocycles. The predicted molar refractivity (Wildman–Crippen MR) is 63.0 cm³/mol. The highest BCUT2D eigenvalue weighted by Crippen LogP contribution is 2.19. The Kier molecular flexibility index (Phi) is 3.25. The minimum absolute atomic E-state index is 0.303. The van der Waals surface area contributed by atoms with Crippen LogP contribution >= 0.6 is 0 Å². The molecule has 5 heteroatoms. The first kappa shape index (κ1) is 11.5. The second-order valence-corrected chi connectivity index (χ2v) is 5.35. The van der Waals surface area contributed by atoms with E-state index in [-0.39, 0.29) is 0 Å². The van der Waals surface area contributed by atoms with Crippen molar-refractivity contribution in [3.05, 3.63) is 12.2 Å². The summed E-state index contributed by atoms with van der Waals surface area (Å²) in [5, 5.41) is 11.3. The minimum Gasteiger partial charge on any atom is -0.319 e. The van der Waals surface area contributed by atoms with Gasteiger partial charge in [-0.05, 0) is 12.5 Å². The summed E-state index contributed by atoms with van der Waals surface area (Å²) in [5.41, 5.74) is 0.303. The van der Waals surface area contributed by atoms with Gasteiger partial charge in [0.15, 0.2) is 0 Å². The van der Waals surface area contributed by atoms with E-state index >= 15 is 0 Å². The van der Waals surface area contributed by atoms with Crippen LogP contribution in [0.4, 0.5) is 0 Å². The zero-order chi connectivity index (χ0) is 11.6. The summed E-state index contributed by atoms with van der Waals surface area (Å²) < 4.78 is 2.14. The molecule has 0 aromatic carbocycles. The van der Waals surface area contributed by atoms with Crippen molar-refractivity contribution in [3.8, 4) is 0 Å². The Bertz CT molecular complexity index is 344. The Morgan fingerprint density at radius 2 is 2.25 bits per heavy atom. The number of rotatable bonds is 4. The summed E-state index contributed by atoms with van der Waals surface area (Å²) in [6, 6.07) is 0. The number of fused-ring (bicyclic) bond motifs is 1. The first-order valence-corrected chi connectivity index (χ1v) is 5.84. The lowest BCUT2D eigenvalue weighted by Gasteiger charge is -2.34. The van der Waals surface area contributed by atoms with Gasteiger partial charge in [-0.3, -0.25) is 4.90 Å². The van der Waals surface area contributed by atoms with Gasteiger partial charge in [0.25, 0.3) is 0 Å². The van der Waals surface area contributed by atoms with Gasteiger partial charge < -0.3 is 9.88 Å². The molecule has 1 aliphatic rings. The molecule has 1 aromatic rings. The first-order chi connectivity index (χ1) is 7.61. The van der Waals surface area contributed by atoms with Crippen molar-refractivity contribution >= 4 is 0 Å². The second kappa shape index (κ2) is 4.51. The van der Waals surface area contributed by atoms with Crippen LogP contribution in [0.5, 0.6) is 0 Å². The Labute approximate surface area is 96.8 Å². The summed E-state index contributed by atoms with van der Waals surface area (Å²) in [6.07, 6.45) is 1.82. The Morgan fingerprint density at radius 1 is 1.44 bits per heavy atom. The van der Waals surface area contributed by atoms with Gasteiger partial charge in [0.1, 0.15) is 12.2 Å². The monoisotopic (exact) mass is 223 g/mol. The van der Waals surface area contributed by atoms with Crippen molar-refractivity contribution in [2.75, 3.05) is 26.7 Å². The highest BCUT2D eigenvalue weighted by molar-refractivity contribution is 4.91. The summed E-state index contributed by atoms with van der Waals surface area (Å²) >= 11 is 0. The number of hydrogen-bond acceptors (Lipinski definition) is 4. The van der Waals surface area contributed by atoms with Crippen molar-refractivity contribution in [2.45, 2.75) is 26.9 Å². The molecule has 1 N–H and O–H groups in total. The summed E-state index contributed by atoms with van der Waals surface area (Å²) in [6.45, 7) is 9.76. The van der Waals surface area contributed by atoms with Gasteiger partial charge in [-0.1, -0.05) is 13.8 Å². The molecule has 0 fully saturated rings. The molecule has 2 heterocycles. The largest absolute Gasteiger partial charge is 0.319 e. The maximum absolute atomic E-state index is 4.14. The average molecular weight is 223 g/mol. The van der Waals surface area contributed by atoms with E-state index in [4.69, 9.17) is 0 Å². The number of hydrogen-bond donors (Lipinski definition) is 1. The standard InChI is InChI=1S/C11H21N5/c1-11(2,7-12-3)8-15-4-5-16-9-13-14-10(16)6-15/h9,12H,4-8H2,1-3H3. The van der Waals surface area contributed by atoms with E-state index in [1.807, 2.05) is 13.4 Å². The quantitative estimate of drug-likeness (QED) is 0.799. The Morgan fingerprint density at radius 3 is 3.00 bits per heavy atom. The SMILES string of the molecule is CNCC(C)(C)CN1CCn2cnnc2C1. The van der Waals surface area contributed by atoms with Crippen LogP contribution in [0.1, 0.15) is 19.7 Å². The smallest absolute Gasteiger partial charge is 0.147 e. The van der Waals surface area contributed by atoms with Crippen LogP contribution in [0.2, 0.25) is 0 Å². The van der Waals surface area contributed by atoms with Crippen LogP contribution in [-0.4, -0.2) is 46.3 Å². The zero-order valence-corrected chi connectivity index (χ0v) is 10.4. The molecule has 2 rings (SSSR count). The molecule has 16 heavy (non-hydrogen) atoms. The summed E-state index contributed by atoms with van der Waals surface area (Å²) in [5.74, 6) is 1.09. The lowest BCUT2D eigenvalue weighted by molar-refractivity contribution is 0.143. The van der Waals surface area contributed by atoms with Crippen LogP contribution in [0.25, 0.3) is 0 Å². The molecule has 1 aromatic heterocycles. The van der Waals surface area contributed by atoms with Crippen LogP contribution in [0, 0.1) is 5.41 Å². The zero-order valence-electron chi connectivity index (χ0n) is 10.4. The number of nitrogens with one attached hydrogen (secondary N) is 1. The average Bonchev–Trinajstić information content (AvgIpc) is 2.63. The van der Waals surface area contributed by atoms with Crippen LogP contribution in [0.15, 0.2) is 6.33 Å². The van der Waals surface area contributed by atoms with Gasteiger partial charge in [-0.2, -0.15) is 0 Å². The van der Waals surface area contributed by atoms with E-state index < -0.39 is 0 Å². The molecule has 0 radical (unpaired) electrons. The molecule has 90 valence electrons. The fourth-order valence-electron chi connectivity index (χ4n) is 2.39. The lowest BCUT2D eigenvalue weighted by Crippen LogP contribution is -2.43. The van der Waals surface area contributed by atoms with Gasteiger partial charge in [0.2, 0.25) is 0 Å². The third-order valence-corrected chi connectivity index (χ3v) is 3.02. The summed E-state index contributed by atoms with van der Waals surface area (Å²) in [4.78, 5) is 2.46. The first-order valence-electron chi connectivity index (χ1n) is 5.84. The molecule has 0 atom stereocenters. The van der Waals surface area contributed by atoms with Gasteiger partial charge in [0.05, 0.1) is 6.54 Å². The maximum Gasteiger partial charge on any atom is 0.147 e. The van der Waals surface area contributed by atoms with E-state index in [9.17, 15) is 0 Å². The summed E-state index contributed by atoms with van der Waals surface area (Å²) in [7, 11) is 2.01. The lowest BCUT2D eigenvalue weighted by atomic mass is 9.92. The molecule has 0 saturated heterocycles. The van der Waals surface area contributed by atoms with E-state index in [2.05, 4.69) is 38.8 Å². The van der Waals surface area contributed by atoms with E-state index in [0.717, 1.165) is 38.5 Å². The van der Waals surface area contributed by atoms with Gasteiger partial charge in [-0.15, -0.1) is 10.2 Å². The molecule has 0 saturated carbocycles. The number of nitrogens with zero attached hydrogens (tertiary/aromatic N) is 4. The van der Waals surface area contributed by atoms with Crippen molar-refractivity contribution in [1.82, 2.24) is 25.0 Å². The fraction of sp³-hybridized carbons (Fsp3) is 0.818. The topological polar surface area (TPSA) is 46.0 Å². The third kappa shape index (κ3) is 2.59. The fourth-order valence-corrected chi connectivity index (χ4v) is 2.39. The molecule has 0 bridgehead atoms. The Hall–Kier alpha value is -0.940. The molecular formula is C11H21N5. The van der Waals surface area contributed by atoms with Crippen molar-refractivity contribution in [3.63, 3.8) is 0 Å². The minimum atomic E-state index is 0.303. The van der Waals surface area contributed by atoms with Gasteiger partial charge in [0, 0.05) is 26.2 Å². The van der Waals surface area contributed by atoms with E-state index in [1.165, 1.54) is 0 Å². The van der Waals surface area contributed by atoms with Crippen LogP contribution < -0.4 is 5.32 Å². The normalized spacial score (nSPS) is 17.4. The molecule has 1 aliphatic heterocycles. The third-order valence-electron chi connectivity index (χ3n) is 3.02. The predicted octanol–water partition coefficient (Wildman–Crippen LogP) is 0.339. The van der Waals surface area contributed by atoms with E-state index in [0.29, 0.717) is 5.41 Å². The maximum atomic E-state index is 4.14. The molecule has 0 spiro atoms. The Balaban J connectivity index is 1.94. The van der Waals surface area contributed by atoms with Crippen LogP contribution in [0.3, 0.4) is 0 Å². The molecular weight excluding hydrogens is 202 g/mol. The van der Waals surface area contributed by atoms with Crippen molar-refractivity contribution in [1.29, 1.82) is 0 Å². The van der Waals surface area contributed by atoms with Gasteiger partial charge >= 0.3 is 0 Å². The molecule has 0 unspecified atom stereocenters. The molecule has 5 nitrogen and oxygen atoms in total. The van der Waals surface area contributed by atoms with Crippen molar-refractivity contribution < 1.29 is 0 Å². The van der Waals surface area contributed by atoms with Crippen LogP contribution in [-0.2, 0) is 13.1 Å². The van der Waals surface area contributed by atoms with Crippen molar-refractivity contribution in [2.24, 2.45) is 5.41 Å². The van der Waals surface area contributed by atoms with E-state index in [1.54, 1.807) is 0 Å². The van der Waals surface area contributed by atoms with Gasteiger partial charge in [-0.25, -0.2) is 0 Å². The molecule has 0 amide bonds. The number of aromatic nitrogens is 3. The highest BCUT2D eigenvalue weighted by Gasteiger charge is 2.24. The second-order valence-electron chi connectivity index (χ2n) is 5.35.